The molecule has 0 aliphatic carbocycles. The Kier molecular flexibility index (Phi) is 4.23. The third-order valence-electron chi connectivity index (χ3n) is 3.86. The fraction of sp³-hybridized carbons (Fsp3) is 0.571. The van der Waals surface area contributed by atoms with E-state index in [-0.39, 0.29) is 12.0 Å². The molecule has 2 saturated heterocycles. The van der Waals surface area contributed by atoms with E-state index in [4.69, 9.17) is 14.6 Å². The molecule has 0 bridgehead atoms. The van der Waals surface area contributed by atoms with Crippen molar-refractivity contribution >= 4 is 23.2 Å². The highest BCUT2D eigenvalue weighted by molar-refractivity contribution is 7.07. The number of carboxylic acids is 1. The number of hydrogen-bond acceptors (Lipinski definition) is 5. The molecule has 2 aliphatic heterocycles. The number of thiophene rings is 1. The minimum Gasteiger partial charge on any atom is -0.479 e. The Bertz CT molecular complexity index is 517. The second kappa shape index (κ2) is 6.13. The number of amides is 1. The molecule has 0 radical (unpaired) electrons. The molecule has 0 spiro atoms. The first-order valence-electron chi connectivity index (χ1n) is 6.96. The van der Waals surface area contributed by atoms with E-state index >= 15 is 0 Å². The lowest BCUT2D eigenvalue weighted by Gasteiger charge is -2.34. The summed E-state index contributed by atoms with van der Waals surface area (Å²) in [6.45, 7) is 1.51. The summed E-state index contributed by atoms with van der Waals surface area (Å²) in [5.41, 5.74) is 1.08. The Labute approximate surface area is 126 Å². The summed E-state index contributed by atoms with van der Waals surface area (Å²) in [5, 5.41) is 12.9. The van der Waals surface area contributed by atoms with Crippen LogP contribution in [0.2, 0.25) is 0 Å². The van der Waals surface area contributed by atoms with Crippen LogP contribution in [0.25, 0.3) is 0 Å². The summed E-state index contributed by atoms with van der Waals surface area (Å²) >= 11 is 1.60. The topological polar surface area (TPSA) is 76.1 Å². The third kappa shape index (κ3) is 3.09. The maximum absolute atomic E-state index is 12.4. The van der Waals surface area contributed by atoms with Gasteiger partial charge in [0.1, 0.15) is 12.2 Å². The van der Waals surface area contributed by atoms with Gasteiger partial charge in [0.05, 0.1) is 13.2 Å². The summed E-state index contributed by atoms with van der Waals surface area (Å²) in [5.74, 6) is -1.12. The van der Waals surface area contributed by atoms with Gasteiger partial charge < -0.3 is 19.5 Å². The zero-order chi connectivity index (χ0) is 14.8. The number of aliphatic carboxylic acids is 1. The summed E-state index contributed by atoms with van der Waals surface area (Å²) < 4.78 is 11.0. The van der Waals surface area contributed by atoms with Crippen LogP contribution in [0.3, 0.4) is 0 Å². The summed E-state index contributed by atoms with van der Waals surface area (Å²) in [7, 11) is 0. The molecule has 6 nitrogen and oxygen atoms in total. The highest BCUT2D eigenvalue weighted by Crippen LogP contribution is 2.27. The van der Waals surface area contributed by atoms with Crippen molar-refractivity contribution < 1.29 is 24.2 Å². The number of nitrogens with zero attached hydrogens (tertiary/aromatic N) is 1. The zero-order valence-corrected chi connectivity index (χ0v) is 12.3. The van der Waals surface area contributed by atoms with Crippen molar-refractivity contribution in [1.82, 2.24) is 4.90 Å². The molecule has 2 aliphatic rings. The van der Waals surface area contributed by atoms with Crippen molar-refractivity contribution in [2.45, 2.75) is 31.2 Å². The first-order chi connectivity index (χ1) is 10.1. The van der Waals surface area contributed by atoms with E-state index in [2.05, 4.69) is 0 Å². The second-order valence-electron chi connectivity index (χ2n) is 5.23. The largest absolute Gasteiger partial charge is 0.479 e. The molecule has 2 fully saturated rings. The van der Waals surface area contributed by atoms with Gasteiger partial charge in [0, 0.05) is 6.54 Å². The van der Waals surface area contributed by atoms with Crippen molar-refractivity contribution in [2.24, 2.45) is 0 Å². The highest BCUT2D eigenvalue weighted by atomic mass is 32.1. The van der Waals surface area contributed by atoms with Crippen molar-refractivity contribution in [1.29, 1.82) is 0 Å². The predicted molar refractivity (Wildman–Crippen MR) is 75.1 cm³/mol. The van der Waals surface area contributed by atoms with E-state index in [1.54, 1.807) is 16.2 Å². The SMILES string of the molecule is O=C(O)[C@H]1CC[C@@H](C(=O)N2CCOC(c3ccsc3)C2)O1. The van der Waals surface area contributed by atoms with Gasteiger partial charge in [-0.05, 0) is 35.2 Å². The molecule has 0 aromatic carbocycles. The van der Waals surface area contributed by atoms with Crippen LogP contribution in [0.5, 0.6) is 0 Å². The van der Waals surface area contributed by atoms with E-state index in [0.29, 0.717) is 32.5 Å². The molecule has 1 amide bonds. The van der Waals surface area contributed by atoms with E-state index in [1.165, 1.54) is 0 Å². The number of carbonyl (C=O) groups excluding carboxylic acids is 1. The van der Waals surface area contributed by atoms with Crippen molar-refractivity contribution in [3.05, 3.63) is 22.4 Å². The number of morpholine rings is 1. The molecule has 3 atom stereocenters. The number of hydrogen-bond donors (Lipinski definition) is 1. The summed E-state index contributed by atoms with van der Waals surface area (Å²) in [4.78, 5) is 25.0. The Morgan fingerprint density at radius 1 is 1.33 bits per heavy atom. The van der Waals surface area contributed by atoms with Crippen LogP contribution in [0.15, 0.2) is 16.8 Å². The molecular formula is C14H17NO5S. The van der Waals surface area contributed by atoms with Gasteiger partial charge in [0.25, 0.3) is 5.91 Å². The summed E-state index contributed by atoms with van der Waals surface area (Å²) in [6, 6.07) is 2.00. The maximum atomic E-state index is 12.4. The number of rotatable bonds is 3. The number of ether oxygens (including phenoxy) is 2. The fourth-order valence-electron chi connectivity index (χ4n) is 2.71. The second-order valence-corrected chi connectivity index (χ2v) is 6.01. The van der Waals surface area contributed by atoms with Crippen LogP contribution in [-0.2, 0) is 19.1 Å². The zero-order valence-electron chi connectivity index (χ0n) is 11.4. The molecule has 1 N–H and O–H groups in total. The van der Waals surface area contributed by atoms with Crippen LogP contribution in [0, 0.1) is 0 Å². The minimum absolute atomic E-state index is 0.106. The Morgan fingerprint density at radius 3 is 2.81 bits per heavy atom. The smallest absolute Gasteiger partial charge is 0.332 e. The van der Waals surface area contributed by atoms with Crippen molar-refractivity contribution in [3.63, 3.8) is 0 Å². The molecular weight excluding hydrogens is 294 g/mol. The van der Waals surface area contributed by atoms with E-state index in [1.807, 2.05) is 16.8 Å². The molecule has 1 aromatic heterocycles. The molecule has 1 unspecified atom stereocenters. The first kappa shape index (κ1) is 14.5. The molecule has 0 saturated carbocycles. The van der Waals surface area contributed by atoms with Crippen LogP contribution in [0.4, 0.5) is 0 Å². The lowest BCUT2D eigenvalue weighted by Crippen LogP contribution is -2.46. The molecule has 3 heterocycles. The molecule has 114 valence electrons. The van der Waals surface area contributed by atoms with Gasteiger partial charge in [-0.2, -0.15) is 11.3 Å². The number of carbonyl (C=O) groups is 2. The monoisotopic (exact) mass is 311 g/mol. The van der Waals surface area contributed by atoms with Gasteiger partial charge in [-0.25, -0.2) is 4.79 Å². The van der Waals surface area contributed by atoms with Gasteiger partial charge in [0.15, 0.2) is 6.10 Å². The van der Waals surface area contributed by atoms with Gasteiger partial charge >= 0.3 is 5.97 Å². The minimum atomic E-state index is -0.997. The molecule has 7 heteroatoms. The van der Waals surface area contributed by atoms with Crippen LogP contribution >= 0.6 is 11.3 Å². The predicted octanol–water partition coefficient (Wildman–Crippen LogP) is 1.28. The maximum Gasteiger partial charge on any atom is 0.332 e. The van der Waals surface area contributed by atoms with Crippen LogP contribution < -0.4 is 0 Å². The van der Waals surface area contributed by atoms with Crippen LogP contribution in [0.1, 0.15) is 24.5 Å². The highest BCUT2D eigenvalue weighted by Gasteiger charge is 2.38. The number of carboxylic acid groups (broad SMARTS) is 1. The van der Waals surface area contributed by atoms with Gasteiger partial charge in [-0.1, -0.05) is 0 Å². The molecule has 1 aromatic rings. The normalized spacial score (nSPS) is 29.5. The Morgan fingerprint density at radius 2 is 2.14 bits per heavy atom. The standard InChI is InChI=1S/C14H17NO5S/c16-13(10-1-2-11(20-10)14(17)18)15-4-5-19-12(7-15)9-3-6-21-8-9/h3,6,8,10-12H,1-2,4-5,7H2,(H,17,18)/t10-,11+,12?/m0/s1. The molecule has 3 rings (SSSR count). The average molecular weight is 311 g/mol. The van der Waals surface area contributed by atoms with Gasteiger partial charge in [-0.3, -0.25) is 4.79 Å². The van der Waals surface area contributed by atoms with Crippen LogP contribution in [-0.4, -0.2) is 53.8 Å². The van der Waals surface area contributed by atoms with Gasteiger partial charge in [-0.15, -0.1) is 0 Å². The van der Waals surface area contributed by atoms with Crippen molar-refractivity contribution in [2.75, 3.05) is 19.7 Å². The Balaban J connectivity index is 1.61. The van der Waals surface area contributed by atoms with E-state index in [9.17, 15) is 9.59 Å². The lowest BCUT2D eigenvalue weighted by molar-refractivity contribution is -0.158. The average Bonchev–Trinajstić information content (AvgIpc) is 3.18. The fourth-order valence-corrected chi connectivity index (χ4v) is 3.42. The quantitative estimate of drug-likeness (QED) is 0.910. The third-order valence-corrected chi connectivity index (χ3v) is 4.57. The van der Waals surface area contributed by atoms with E-state index in [0.717, 1.165) is 5.56 Å². The summed E-state index contributed by atoms with van der Waals surface area (Å²) in [6.07, 6.45) is -0.731. The van der Waals surface area contributed by atoms with Crippen molar-refractivity contribution in [3.8, 4) is 0 Å². The first-order valence-corrected chi connectivity index (χ1v) is 7.90. The van der Waals surface area contributed by atoms with Gasteiger partial charge in [0.2, 0.25) is 0 Å². The lowest BCUT2D eigenvalue weighted by atomic mass is 10.1. The molecule has 21 heavy (non-hydrogen) atoms. The van der Waals surface area contributed by atoms with E-state index < -0.39 is 18.2 Å². The Hall–Kier alpha value is -1.44.